The van der Waals surface area contributed by atoms with Crippen LogP contribution in [0.1, 0.15) is 44.1 Å². The Morgan fingerprint density at radius 1 is 1.35 bits per heavy atom. The number of aryl methyl sites for hydroxylation is 1. The topological polar surface area (TPSA) is 75.2 Å². The molecule has 1 fully saturated rings. The molecule has 1 aromatic heterocycles. The zero-order chi connectivity index (χ0) is 14.9. The van der Waals surface area contributed by atoms with Gasteiger partial charge in [-0.2, -0.15) is 0 Å². The summed E-state index contributed by atoms with van der Waals surface area (Å²) in [4.78, 5) is 33.5. The van der Waals surface area contributed by atoms with Crippen molar-refractivity contribution in [2.45, 2.75) is 45.6 Å². The number of hydrogen-bond acceptors (Lipinski definition) is 5. The van der Waals surface area contributed by atoms with Gasteiger partial charge in [-0.1, -0.05) is 13.8 Å². The minimum atomic E-state index is -0.396. The van der Waals surface area contributed by atoms with E-state index in [1.165, 1.54) is 11.9 Å². The van der Waals surface area contributed by atoms with Crippen molar-refractivity contribution in [3.63, 3.8) is 0 Å². The van der Waals surface area contributed by atoms with E-state index >= 15 is 0 Å². The number of rotatable bonds is 3. The summed E-state index contributed by atoms with van der Waals surface area (Å²) in [6.07, 6.45) is 0.878. The van der Waals surface area contributed by atoms with Crippen LogP contribution in [0.2, 0.25) is 0 Å². The minimum absolute atomic E-state index is 0.130. The maximum absolute atomic E-state index is 12.0. The van der Waals surface area contributed by atoms with Crippen molar-refractivity contribution in [1.82, 2.24) is 14.9 Å². The van der Waals surface area contributed by atoms with Gasteiger partial charge in [0.1, 0.15) is 17.7 Å². The van der Waals surface area contributed by atoms with Crippen molar-refractivity contribution in [3.05, 3.63) is 17.6 Å². The summed E-state index contributed by atoms with van der Waals surface area (Å²) in [5.41, 5.74) is 0.860. The number of nitrogens with zero attached hydrogens (tertiary/aromatic N) is 3. The maximum atomic E-state index is 12.0. The molecule has 1 N–H and O–H groups in total. The molecule has 1 aliphatic rings. The Morgan fingerprint density at radius 3 is 2.70 bits per heavy atom. The molecule has 0 bridgehead atoms. The van der Waals surface area contributed by atoms with Crippen molar-refractivity contribution in [1.29, 1.82) is 0 Å². The van der Waals surface area contributed by atoms with Crippen molar-refractivity contribution in [3.8, 4) is 0 Å². The molecule has 6 nitrogen and oxygen atoms in total. The Kier molecular flexibility index (Phi) is 4.01. The molecule has 1 aromatic rings. The van der Waals surface area contributed by atoms with E-state index in [0.29, 0.717) is 18.7 Å². The zero-order valence-electron chi connectivity index (χ0n) is 12.3. The Balaban J connectivity index is 2.18. The van der Waals surface area contributed by atoms with Crippen LogP contribution < -0.4 is 5.32 Å². The molecular formula is C14H20N4O2. The number of carbonyl (C=O) groups is 2. The second-order valence-corrected chi connectivity index (χ2v) is 5.43. The molecule has 1 atom stereocenters. The van der Waals surface area contributed by atoms with E-state index in [1.807, 2.05) is 26.8 Å². The van der Waals surface area contributed by atoms with Crippen molar-refractivity contribution in [2.24, 2.45) is 0 Å². The summed E-state index contributed by atoms with van der Waals surface area (Å²) in [6.45, 7) is 5.95. The number of anilines is 1. The summed E-state index contributed by atoms with van der Waals surface area (Å²) >= 11 is 0. The van der Waals surface area contributed by atoms with Gasteiger partial charge in [-0.05, 0) is 13.3 Å². The van der Waals surface area contributed by atoms with E-state index in [-0.39, 0.29) is 17.7 Å². The van der Waals surface area contributed by atoms with Crippen LogP contribution in [0.3, 0.4) is 0 Å². The van der Waals surface area contributed by atoms with Crippen LogP contribution in [0, 0.1) is 6.92 Å². The summed E-state index contributed by atoms with van der Waals surface area (Å²) < 4.78 is 0. The zero-order valence-corrected chi connectivity index (χ0v) is 12.3. The lowest BCUT2D eigenvalue weighted by atomic mass is 10.0. The van der Waals surface area contributed by atoms with Crippen LogP contribution in [0.15, 0.2) is 6.07 Å². The average Bonchev–Trinajstić information content (AvgIpc) is 2.39. The summed E-state index contributed by atoms with van der Waals surface area (Å²) in [5.74, 6) is 1.28. The summed E-state index contributed by atoms with van der Waals surface area (Å²) in [7, 11) is 1.52. The van der Waals surface area contributed by atoms with E-state index in [0.717, 1.165) is 11.5 Å². The monoisotopic (exact) mass is 276 g/mol. The van der Waals surface area contributed by atoms with Crippen LogP contribution in [0.4, 0.5) is 5.82 Å². The molecule has 0 aliphatic carbocycles. The molecule has 0 spiro atoms. The second kappa shape index (κ2) is 5.56. The van der Waals surface area contributed by atoms with Gasteiger partial charge in [-0.3, -0.25) is 14.5 Å². The first-order valence-electron chi connectivity index (χ1n) is 6.81. The fourth-order valence-corrected chi connectivity index (χ4v) is 2.15. The van der Waals surface area contributed by atoms with Gasteiger partial charge in [0.15, 0.2) is 0 Å². The molecule has 2 heterocycles. The van der Waals surface area contributed by atoms with Crippen molar-refractivity contribution >= 4 is 17.6 Å². The quantitative estimate of drug-likeness (QED) is 0.846. The van der Waals surface area contributed by atoms with Gasteiger partial charge in [0, 0.05) is 31.1 Å². The van der Waals surface area contributed by atoms with Crippen molar-refractivity contribution < 1.29 is 9.59 Å². The largest absolute Gasteiger partial charge is 0.358 e. The first-order valence-corrected chi connectivity index (χ1v) is 6.81. The normalized spacial score (nSPS) is 19.6. The van der Waals surface area contributed by atoms with E-state index < -0.39 is 6.04 Å². The van der Waals surface area contributed by atoms with Crippen molar-refractivity contribution in [2.75, 3.05) is 12.4 Å². The number of imide groups is 1. The number of likely N-dealkylation sites (tertiary alicyclic amines) is 1. The van der Waals surface area contributed by atoms with Gasteiger partial charge >= 0.3 is 0 Å². The van der Waals surface area contributed by atoms with E-state index in [1.54, 1.807) is 0 Å². The third-order valence-corrected chi connectivity index (χ3v) is 3.36. The van der Waals surface area contributed by atoms with Crippen LogP contribution >= 0.6 is 0 Å². The molecule has 0 aromatic carbocycles. The number of carbonyl (C=O) groups excluding carboxylic acids is 2. The van der Waals surface area contributed by atoms with Gasteiger partial charge in [0.25, 0.3) is 5.91 Å². The summed E-state index contributed by atoms with van der Waals surface area (Å²) in [5, 5.41) is 3.12. The Hall–Kier alpha value is -1.98. The first-order chi connectivity index (χ1) is 9.38. The van der Waals surface area contributed by atoms with Gasteiger partial charge in [-0.15, -0.1) is 0 Å². The smallest absolute Gasteiger partial charge is 0.251 e. The van der Waals surface area contributed by atoms with Crippen LogP contribution in [0.25, 0.3) is 0 Å². The van der Waals surface area contributed by atoms with Gasteiger partial charge in [-0.25, -0.2) is 9.97 Å². The molecule has 1 aliphatic heterocycles. The van der Waals surface area contributed by atoms with E-state index in [2.05, 4.69) is 15.3 Å². The molecule has 108 valence electrons. The van der Waals surface area contributed by atoms with Crippen LogP contribution in [-0.4, -0.2) is 39.8 Å². The van der Waals surface area contributed by atoms with Gasteiger partial charge < -0.3 is 5.32 Å². The lowest BCUT2D eigenvalue weighted by Gasteiger charge is -2.28. The highest BCUT2D eigenvalue weighted by molar-refractivity contribution is 6.01. The predicted molar refractivity (Wildman–Crippen MR) is 75.3 cm³/mol. The number of likely N-dealkylation sites (N-methyl/N-ethyl adjacent to an activating group) is 1. The molecule has 2 amide bonds. The lowest BCUT2D eigenvalue weighted by Crippen LogP contribution is -2.48. The number of hydrogen-bond donors (Lipinski definition) is 1. The average molecular weight is 276 g/mol. The number of amides is 2. The fraction of sp³-hybridized carbons (Fsp3) is 0.571. The third kappa shape index (κ3) is 2.95. The molecule has 6 heteroatoms. The fourth-order valence-electron chi connectivity index (χ4n) is 2.15. The molecule has 1 unspecified atom stereocenters. The predicted octanol–water partition coefficient (Wildman–Crippen LogP) is 1.47. The maximum Gasteiger partial charge on any atom is 0.251 e. The Labute approximate surface area is 118 Å². The minimum Gasteiger partial charge on any atom is -0.358 e. The molecule has 0 radical (unpaired) electrons. The lowest BCUT2D eigenvalue weighted by molar-refractivity contribution is -0.146. The highest BCUT2D eigenvalue weighted by Gasteiger charge is 2.31. The van der Waals surface area contributed by atoms with E-state index in [9.17, 15) is 9.59 Å². The second-order valence-electron chi connectivity index (χ2n) is 5.43. The number of nitrogens with one attached hydrogen (secondary N) is 1. The Morgan fingerprint density at radius 2 is 2.05 bits per heavy atom. The van der Waals surface area contributed by atoms with Gasteiger partial charge in [0.2, 0.25) is 5.91 Å². The number of piperidine rings is 1. The molecule has 1 saturated heterocycles. The van der Waals surface area contributed by atoms with E-state index in [4.69, 9.17) is 0 Å². The standard InChI is InChI=1S/C14H20N4O2/c1-8(2)13-15-9(3)7-11(17-13)16-10-5-6-12(19)18(4)14(10)20/h7-8,10H,5-6H2,1-4H3,(H,15,16,17). The highest BCUT2D eigenvalue weighted by atomic mass is 16.2. The highest BCUT2D eigenvalue weighted by Crippen LogP contribution is 2.18. The Bertz CT molecular complexity index is 542. The molecular weight excluding hydrogens is 256 g/mol. The van der Waals surface area contributed by atoms with Crippen LogP contribution in [0.5, 0.6) is 0 Å². The SMILES string of the molecule is Cc1cc(NC2CCC(=O)N(C)C2=O)nc(C(C)C)n1. The number of aromatic nitrogens is 2. The van der Waals surface area contributed by atoms with Crippen LogP contribution in [-0.2, 0) is 9.59 Å². The molecule has 20 heavy (non-hydrogen) atoms. The third-order valence-electron chi connectivity index (χ3n) is 3.36. The summed E-state index contributed by atoms with van der Waals surface area (Å²) in [6, 6.07) is 1.42. The molecule has 2 rings (SSSR count). The van der Waals surface area contributed by atoms with Gasteiger partial charge in [0.05, 0.1) is 0 Å². The first kappa shape index (κ1) is 14.4. The molecule has 0 saturated carbocycles.